The van der Waals surface area contributed by atoms with Crippen molar-refractivity contribution >= 4 is 16.8 Å². The van der Waals surface area contributed by atoms with Crippen LogP contribution < -0.4 is 5.73 Å². The molecule has 7 heteroatoms. The molecule has 0 atom stereocenters. The van der Waals surface area contributed by atoms with E-state index in [-0.39, 0.29) is 11.2 Å². The van der Waals surface area contributed by atoms with Gasteiger partial charge in [0.05, 0.1) is 5.39 Å². The molecule has 14 heavy (non-hydrogen) atoms. The minimum atomic E-state index is -4.56. The Hall–Kier alpha value is -1.79. The minimum Gasteiger partial charge on any atom is -0.380 e. The molecule has 0 radical (unpaired) electrons. The van der Waals surface area contributed by atoms with Crippen LogP contribution in [0.4, 0.5) is 19.0 Å². The highest BCUT2D eigenvalue weighted by atomic mass is 19.4. The molecule has 74 valence electrons. The summed E-state index contributed by atoms with van der Waals surface area (Å²) in [5, 5.41) is 3.35. The van der Waals surface area contributed by atoms with Gasteiger partial charge in [0.25, 0.3) is 0 Å². The van der Waals surface area contributed by atoms with Crippen LogP contribution in [-0.4, -0.2) is 10.1 Å². The maximum Gasteiger partial charge on any atom is 0.437 e. The molecule has 4 nitrogen and oxygen atoms in total. The number of fused-ring (bicyclic) bond motifs is 1. The van der Waals surface area contributed by atoms with Gasteiger partial charge in [-0.25, -0.2) is 4.98 Å². The van der Waals surface area contributed by atoms with E-state index in [2.05, 4.69) is 14.7 Å². The number of nitrogens with two attached hydrogens (primary N) is 1. The van der Waals surface area contributed by atoms with Crippen LogP contribution in [0.1, 0.15) is 5.69 Å². The van der Waals surface area contributed by atoms with E-state index in [0.717, 1.165) is 6.20 Å². The highest BCUT2D eigenvalue weighted by Crippen LogP contribution is 2.34. The fourth-order valence-corrected chi connectivity index (χ4v) is 1.09. The van der Waals surface area contributed by atoms with E-state index in [4.69, 9.17) is 5.73 Å². The van der Waals surface area contributed by atoms with Gasteiger partial charge < -0.3 is 10.3 Å². The van der Waals surface area contributed by atoms with Crippen molar-refractivity contribution in [1.29, 1.82) is 0 Å². The summed E-state index contributed by atoms with van der Waals surface area (Å²) in [5.41, 5.74) is 3.74. The standard InChI is InChI=1S/C7H4F3N3O/c8-7(9,10)5-4-3(1-2-12-5)6(11)13-14-4/h1-2H,(H2,11,13). The number of nitrogens with zero attached hydrogens (tertiary/aromatic N) is 2. The Kier molecular flexibility index (Phi) is 1.63. The van der Waals surface area contributed by atoms with Crippen LogP contribution in [0.25, 0.3) is 11.0 Å². The predicted octanol–water partition coefficient (Wildman–Crippen LogP) is 1.82. The topological polar surface area (TPSA) is 64.9 Å². The lowest BCUT2D eigenvalue weighted by Crippen LogP contribution is -2.07. The van der Waals surface area contributed by atoms with E-state index >= 15 is 0 Å². The molecule has 0 bridgehead atoms. The first-order chi connectivity index (χ1) is 6.50. The zero-order valence-electron chi connectivity index (χ0n) is 6.67. The molecule has 0 spiro atoms. The maximum absolute atomic E-state index is 12.3. The molecular weight excluding hydrogens is 199 g/mol. The quantitative estimate of drug-likeness (QED) is 0.709. The Morgan fingerprint density at radius 3 is 2.71 bits per heavy atom. The highest BCUT2D eigenvalue weighted by Gasteiger charge is 2.36. The summed E-state index contributed by atoms with van der Waals surface area (Å²) < 4.78 is 41.5. The molecule has 0 aliphatic rings. The molecule has 0 aliphatic heterocycles. The van der Waals surface area contributed by atoms with Gasteiger partial charge in [-0.05, 0) is 6.07 Å². The third kappa shape index (κ3) is 1.17. The number of alkyl halides is 3. The van der Waals surface area contributed by atoms with E-state index in [0.29, 0.717) is 0 Å². The van der Waals surface area contributed by atoms with Crippen LogP contribution in [0.15, 0.2) is 16.8 Å². The first-order valence-corrected chi connectivity index (χ1v) is 3.57. The zero-order chi connectivity index (χ0) is 10.3. The fourth-order valence-electron chi connectivity index (χ4n) is 1.09. The molecule has 2 aromatic heterocycles. The average molecular weight is 203 g/mol. The Morgan fingerprint density at radius 1 is 1.36 bits per heavy atom. The Balaban J connectivity index is 2.79. The molecule has 0 unspecified atom stereocenters. The second kappa shape index (κ2) is 2.60. The molecule has 0 saturated carbocycles. The van der Waals surface area contributed by atoms with Gasteiger partial charge in [-0.1, -0.05) is 5.16 Å². The second-order valence-electron chi connectivity index (χ2n) is 2.60. The molecule has 2 N–H and O–H groups in total. The van der Waals surface area contributed by atoms with Crippen LogP contribution in [0.5, 0.6) is 0 Å². The number of nitrogen functional groups attached to an aromatic ring is 1. The number of rotatable bonds is 0. The van der Waals surface area contributed by atoms with Gasteiger partial charge in [-0.2, -0.15) is 13.2 Å². The Bertz CT molecular complexity index is 476. The second-order valence-corrected chi connectivity index (χ2v) is 2.60. The first-order valence-electron chi connectivity index (χ1n) is 3.57. The maximum atomic E-state index is 12.3. The van der Waals surface area contributed by atoms with Crippen molar-refractivity contribution < 1.29 is 17.7 Å². The number of pyridine rings is 1. The van der Waals surface area contributed by atoms with Crippen molar-refractivity contribution in [3.05, 3.63) is 18.0 Å². The lowest BCUT2D eigenvalue weighted by Gasteiger charge is -2.03. The van der Waals surface area contributed by atoms with Crippen LogP contribution in [0, 0.1) is 0 Å². The van der Waals surface area contributed by atoms with Gasteiger partial charge in [0.2, 0.25) is 0 Å². The molecular formula is C7H4F3N3O. The fraction of sp³-hybridized carbons (Fsp3) is 0.143. The third-order valence-electron chi connectivity index (χ3n) is 1.68. The normalized spacial score (nSPS) is 12.2. The number of aromatic nitrogens is 2. The number of halogens is 3. The van der Waals surface area contributed by atoms with Crippen molar-refractivity contribution in [2.24, 2.45) is 0 Å². The zero-order valence-corrected chi connectivity index (χ0v) is 6.67. The molecule has 0 amide bonds. The van der Waals surface area contributed by atoms with Crippen molar-refractivity contribution in [3.63, 3.8) is 0 Å². The van der Waals surface area contributed by atoms with Crippen LogP contribution >= 0.6 is 0 Å². The number of anilines is 1. The van der Waals surface area contributed by atoms with Gasteiger partial charge in [0.1, 0.15) is 0 Å². The van der Waals surface area contributed by atoms with Crippen LogP contribution in [-0.2, 0) is 6.18 Å². The summed E-state index contributed by atoms with van der Waals surface area (Å²) in [4.78, 5) is 3.18. The van der Waals surface area contributed by atoms with E-state index in [1.54, 1.807) is 0 Å². The van der Waals surface area contributed by atoms with E-state index in [1.165, 1.54) is 6.07 Å². The Labute approximate surface area is 75.5 Å². The molecule has 2 rings (SSSR count). The Morgan fingerprint density at radius 2 is 2.07 bits per heavy atom. The lowest BCUT2D eigenvalue weighted by atomic mass is 10.2. The molecule has 0 saturated heterocycles. The van der Waals surface area contributed by atoms with E-state index < -0.39 is 17.5 Å². The van der Waals surface area contributed by atoms with Crippen molar-refractivity contribution in [1.82, 2.24) is 10.1 Å². The molecule has 2 aromatic rings. The first kappa shape index (κ1) is 8.79. The van der Waals surface area contributed by atoms with E-state index in [1.807, 2.05) is 0 Å². The summed E-state index contributed by atoms with van der Waals surface area (Å²) in [6, 6.07) is 1.32. The largest absolute Gasteiger partial charge is 0.437 e. The summed E-state index contributed by atoms with van der Waals surface area (Å²) in [6.07, 6.45) is -3.55. The van der Waals surface area contributed by atoms with Crippen LogP contribution in [0.3, 0.4) is 0 Å². The lowest BCUT2D eigenvalue weighted by molar-refractivity contribution is -0.140. The summed E-state index contributed by atoms with van der Waals surface area (Å²) >= 11 is 0. The predicted molar refractivity (Wildman–Crippen MR) is 41.2 cm³/mol. The molecule has 0 aromatic carbocycles. The molecule has 2 heterocycles. The van der Waals surface area contributed by atoms with Gasteiger partial charge in [0.15, 0.2) is 17.1 Å². The number of hydrogen-bond donors (Lipinski definition) is 1. The van der Waals surface area contributed by atoms with Gasteiger partial charge in [-0.15, -0.1) is 0 Å². The van der Waals surface area contributed by atoms with Gasteiger partial charge >= 0.3 is 6.18 Å². The SMILES string of the molecule is Nc1noc2c(C(F)(F)F)nccc12. The summed E-state index contributed by atoms with van der Waals surface area (Å²) in [6.45, 7) is 0. The van der Waals surface area contributed by atoms with Crippen molar-refractivity contribution in [3.8, 4) is 0 Å². The third-order valence-corrected chi connectivity index (χ3v) is 1.68. The highest BCUT2D eigenvalue weighted by molar-refractivity contribution is 5.88. The summed E-state index contributed by atoms with van der Waals surface area (Å²) in [5.74, 6) is -0.0760. The van der Waals surface area contributed by atoms with Crippen molar-refractivity contribution in [2.45, 2.75) is 6.18 Å². The van der Waals surface area contributed by atoms with Crippen LogP contribution in [0.2, 0.25) is 0 Å². The number of hydrogen-bond acceptors (Lipinski definition) is 4. The smallest absolute Gasteiger partial charge is 0.380 e. The molecule has 0 aliphatic carbocycles. The molecule has 0 fully saturated rings. The minimum absolute atomic E-state index is 0.0760. The monoisotopic (exact) mass is 203 g/mol. The average Bonchev–Trinajstić information content (AvgIpc) is 2.46. The van der Waals surface area contributed by atoms with Gasteiger partial charge in [0, 0.05) is 6.20 Å². The van der Waals surface area contributed by atoms with Gasteiger partial charge in [-0.3, -0.25) is 0 Å². The van der Waals surface area contributed by atoms with E-state index in [9.17, 15) is 13.2 Å². The summed E-state index contributed by atoms with van der Waals surface area (Å²) in [7, 11) is 0. The van der Waals surface area contributed by atoms with Crippen molar-refractivity contribution in [2.75, 3.05) is 5.73 Å².